The molecule has 0 bridgehead atoms. The Morgan fingerprint density at radius 1 is 1.35 bits per heavy atom. The summed E-state index contributed by atoms with van der Waals surface area (Å²) >= 11 is 0. The third kappa shape index (κ3) is 2.96. The third-order valence-electron chi connectivity index (χ3n) is 3.07. The van der Waals surface area contributed by atoms with Gasteiger partial charge in [-0.1, -0.05) is 13.0 Å². The van der Waals surface area contributed by atoms with Gasteiger partial charge in [-0.05, 0) is 41.8 Å². The third-order valence-corrected chi connectivity index (χ3v) is 3.07. The van der Waals surface area contributed by atoms with Crippen LogP contribution in [0, 0.1) is 0 Å². The Kier molecular flexibility index (Phi) is 4.35. The number of hydrogen-bond donors (Lipinski definition) is 1. The van der Waals surface area contributed by atoms with Crippen LogP contribution in [-0.2, 0) is 11.2 Å². The van der Waals surface area contributed by atoms with E-state index in [4.69, 9.17) is 4.74 Å². The summed E-state index contributed by atoms with van der Waals surface area (Å²) in [7, 11) is 1.61. The summed E-state index contributed by atoms with van der Waals surface area (Å²) in [6.07, 6.45) is 2.54. The minimum absolute atomic E-state index is 0.0635. The Hall–Kier alpha value is -2.36. The van der Waals surface area contributed by atoms with E-state index in [9.17, 15) is 4.79 Å². The molecule has 0 aliphatic carbocycles. The van der Waals surface area contributed by atoms with Crippen molar-refractivity contribution in [2.75, 3.05) is 12.4 Å². The second kappa shape index (κ2) is 6.19. The first kappa shape index (κ1) is 14.1. The van der Waals surface area contributed by atoms with Crippen molar-refractivity contribution in [3.8, 4) is 17.0 Å². The van der Waals surface area contributed by atoms with E-state index in [0.29, 0.717) is 5.88 Å². The van der Waals surface area contributed by atoms with Crippen LogP contribution in [0.15, 0.2) is 36.5 Å². The van der Waals surface area contributed by atoms with E-state index in [1.165, 1.54) is 6.92 Å². The molecule has 104 valence electrons. The fourth-order valence-electron chi connectivity index (χ4n) is 2.14. The largest absolute Gasteiger partial charge is 0.481 e. The maximum Gasteiger partial charge on any atom is 0.221 e. The fraction of sp³-hybridized carbons (Fsp3) is 0.250. The van der Waals surface area contributed by atoms with Gasteiger partial charge in [-0.2, -0.15) is 0 Å². The van der Waals surface area contributed by atoms with E-state index < -0.39 is 0 Å². The molecular formula is C16H18N2O2. The second-order valence-electron chi connectivity index (χ2n) is 4.47. The van der Waals surface area contributed by atoms with E-state index in [0.717, 1.165) is 28.8 Å². The van der Waals surface area contributed by atoms with Gasteiger partial charge in [-0.3, -0.25) is 4.79 Å². The predicted molar refractivity (Wildman–Crippen MR) is 79.9 cm³/mol. The minimum atomic E-state index is -0.0635. The predicted octanol–water partition coefficient (Wildman–Crippen LogP) is 3.28. The molecule has 20 heavy (non-hydrogen) atoms. The SMILES string of the molecule is CCc1cc(-c2cccnc2OC)ccc1NC(C)=O. The second-order valence-corrected chi connectivity index (χ2v) is 4.47. The van der Waals surface area contributed by atoms with Crippen LogP contribution in [-0.4, -0.2) is 18.0 Å². The Bertz CT molecular complexity index is 624. The van der Waals surface area contributed by atoms with Crippen LogP contribution in [0.4, 0.5) is 5.69 Å². The highest BCUT2D eigenvalue weighted by Crippen LogP contribution is 2.30. The highest BCUT2D eigenvalue weighted by atomic mass is 16.5. The normalized spacial score (nSPS) is 10.2. The number of hydrogen-bond acceptors (Lipinski definition) is 3. The highest BCUT2D eigenvalue weighted by Gasteiger charge is 2.09. The van der Waals surface area contributed by atoms with Crippen LogP contribution < -0.4 is 10.1 Å². The van der Waals surface area contributed by atoms with Gasteiger partial charge in [0.1, 0.15) is 0 Å². The number of nitrogens with zero attached hydrogens (tertiary/aromatic N) is 1. The molecule has 1 aromatic carbocycles. The number of rotatable bonds is 4. The van der Waals surface area contributed by atoms with Crippen LogP contribution in [0.3, 0.4) is 0 Å². The van der Waals surface area contributed by atoms with Gasteiger partial charge in [0.05, 0.1) is 7.11 Å². The lowest BCUT2D eigenvalue weighted by molar-refractivity contribution is -0.114. The lowest BCUT2D eigenvalue weighted by Crippen LogP contribution is -2.08. The van der Waals surface area contributed by atoms with Crippen molar-refractivity contribution in [1.82, 2.24) is 4.98 Å². The number of amides is 1. The molecule has 0 spiro atoms. The minimum Gasteiger partial charge on any atom is -0.481 e. The van der Waals surface area contributed by atoms with Crippen molar-refractivity contribution < 1.29 is 9.53 Å². The van der Waals surface area contributed by atoms with Crippen molar-refractivity contribution in [1.29, 1.82) is 0 Å². The maximum absolute atomic E-state index is 11.2. The zero-order valence-electron chi connectivity index (χ0n) is 11.9. The van der Waals surface area contributed by atoms with Crippen molar-refractivity contribution in [3.63, 3.8) is 0 Å². The van der Waals surface area contributed by atoms with Gasteiger partial charge >= 0.3 is 0 Å². The van der Waals surface area contributed by atoms with Gasteiger partial charge in [-0.25, -0.2) is 4.98 Å². The maximum atomic E-state index is 11.2. The number of carbonyl (C=O) groups excluding carboxylic acids is 1. The monoisotopic (exact) mass is 270 g/mol. The van der Waals surface area contributed by atoms with Crippen molar-refractivity contribution >= 4 is 11.6 Å². The number of aryl methyl sites for hydroxylation is 1. The first-order chi connectivity index (χ1) is 9.65. The topological polar surface area (TPSA) is 51.2 Å². The standard InChI is InChI=1S/C16H18N2O2/c1-4-12-10-13(7-8-15(12)18-11(2)19)14-6-5-9-17-16(14)20-3/h5-10H,4H2,1-3H3,(H,18,19). The molecule has 1 N–H and O–H groups in total. The summed E-state index contributed by atoms with van der Waals surface area (Å²) in [5, 5.41) is 2.85. The van der Waals surface area contributed by atoms with E-state index in [1.54, 1.807) is 13.3 Å². The van der Waals surface area contributed by atoms with Crippen LogP contribution in [0.25, 0.3) is 11.1 Å². The van der Waals surface area contributed by atoms with E-state index in [-0.39, 0.29) is 5.91 Å². The summed E-state index contributed by atoms with van der Waals surface area (Å²) in [5.41, 5.74) is 3.91. The number of nitrogens with one attached hydrogen (secondary N) is 1. The molecule has 0 unspecified atom stereocenters. The molecule has 1 aromatic heterocycles. The molecule has 2 aromatic rings. The van der Waals surface area contributed by atoms with E-state index in [1.807, 2.05) is 24.3 Å². The number of carbonyl (C=O) groups is 1. The van der Waals surface area contributed by atoms with Crippen LogP contribution in [0.5, 0.6) is 5.88 Å². The molecule has 0 saturated heterocycles. The summed E-state index contributed by atoms with van der Waals surface area (Å²) in [6.45, 7) is 3.57. The Labute approximate surface area is 118 Å². The van der Waals surface area contributed by atoms with Crippen molar-refractivity contribution in [2.24, 2.45) is 0 Å². The average Bonchev–Trinajstić information content (AvgIpc) is 2.47. The molecule has 2 rings (SSSR count). The molecule has 1 amide bonds. The smallest absolute Gasteiger partial charge is 0.221 e. The van der Waals surface area contributed by atoms with Gasteiger partial charge in [0.2, 0.25) is 11.8 Å². The molecular weight excluding hydrogens is 252 g/mol. The molecule has 0 aliphatic heterocycles. The number of ether oxygens (including phenoxy) is 1. The van der Waals surface area contributed by atoms with Gasteiger partial charge in [-0.15, -0.1) is 0 Å². The number of pyridine rings is 1. The lowest BCUT2D eigenvalue weighted by Gasteiger charge is -2.12. The van der Waals surface area contributed by atoms with Crippen LogP contribution >= 0.6 is 0 Å². The van der Waals surface area contributed by atoms with Crippen LogP contribution in [0.2, 0.25) is 0 Å². The molecule has 0 saturated carbocycles. The number of benzene rings is 1. The number of aromatic nitrogens is 1. The molecule has 0 fully saturated rings. The lowest BCUT2D eigenvalue weighted by atomic mass is 10.0. The molecule has 0 radical (unpaired) electrons. The Morgan fingerprint density at radius 3 is 2.80 bits per heavy atom. The summed E-state index contributed by atoms with van der Waals surface area (Å²) in [4.78, 5) is 15.4. The number of methoxy groups -OCH3 is 1. The first-order valence-electron chi connectivity index (χ1n) is 6.55. The Balaban J connectivity index is 2.46. The highest BCUT2D eigenvalue weighted by molar-refractivity contribution is 5.90. The molecule has 1 heterocycles. The number of anilines is 1. The van der Waals surface area contributed by atoms with E-state index >= 15 is 0 Å². The summed E-state index contributed by atoms with van der Waals surface area (Å²) in [6, 6.07) is 9.79. The van der Waals surface area contributed by atoms with Crippen LogP contribution in [0.1, 0.15) is 19.4 Å². The van der Waals surface area contributed by atoms with Crippen molar-refractivity contribution in [2.45, 2.75) is 20.3 Å². The summed E-state index contributed by atoms with van der Waals surface area (Å²) in [5.74, 6) is 0.535. The zero-order valence-corrected chi connectivity index (χ0v) is 11.9. The molecule has 0 atom stereocenters. The quantitative estimate of drug-likeness (QED) is 0.927. The van der Waals surface area contributed by atoms with Gasteiger partial charge in [0, 0.05) is 24.4 Å². The molecule has 4 nitrogen and oxygen atoms in total. The average molecular weight is 270 g/mol. The zero-order chi connectivity index (χ0) is 14.5. The van der Waals surface area contributed by atoms with Gasteiger partial charge in [0.15, 0.2) is 0 Å². The van der Waals surface area contributed by atoms with Gasteiger partial charge < -0.3 is 10.1 Å². The molecule has 4 heteroatoms. The summed E-state index contributed by atoms with van der Waals surface area (Å²) < 4.78 is 5.29. The first-order valence-corrected chi connectivity index (χ1v) is 6.55. The van der Waals surface area contributed by atoms with Crippen molar-refractivity contribution in [3.05, 3.63) is 42.1 Å². The van der Waals surface area contributed by atoms with Gasteiger partial charge in [0.25, 0.3) is 0 Å². The molecule has 0 aliphatic rings. The van der Waals surface area contributed by atoms with E-state index in [2.05, 4.69) is 23.3 Å². The fourth-order valence-corrected chi connectivity index (χ4v) is 2.14. The Morgan fingerprint density at radius 2 is 2.15 bits per heavy atom.